The van der Waals surface area contributed by atoms with E-state index in [2.05, 4.69) is 29.3 Å². The second kappa shape index (κ2) is 6.63. The van der Waals surface area contributed by atoms with E-state index in [1.807, 2.05) is 13.0 Å². The standard InChI is InChI=1S/C15H25FN4/c1-11-4-5-13(16)8-12(11)9-14(18-17)15-10-19(2)6-7-20(15)3/h4-5,8,14-15,18H,6-7,9-10,17H2,1-3H3. The number of hydrogen-bond donors (Lipinski definition) is 2. The molecule has 1 aromatic rings. The van der Waals surface area contributed by atoms with Gasteiger partial charge in [0.05, 0.1) is 0 Å². The maximum atomic E-state index is 13.4. The fraction of sp³-hybridized carbons (Fsp3) is 0.600. The Hall–Kier alpha value is -1.01. The number of halogens is 1. The first kappa shape index (κ1) is 15.4. The normalized spacial score (nSPS) is 22.9. The molecule has 20 heavy (non-hydrogen) atoms. The van der Waals surface area contributed by atoms with Gasteiger partial charge in [0.2, 0.25) is 0 Å². The number of benzene rings is 1. The van der Waals surface area contributed by atoms with Crippen molar-refractivity contribution in [3.05, 3.63) is 35.1 Å². The molecule has 0 aliphatic carbocycles. The van der Waals surface area contributed by atoms with Crippen molar-refractivity contribution in [2.24, 2.45) is 5.84 Å². The summed E-state index contributed by atoms with van der Waals surface area (Å²) in [6.07, 6.45) is 0.739. The van der Waals surface area contributed by atoms with Crippen molar-refractivity contribution in [3.63, 3.8) is 0 Å². The number of likely N-dealkylation sites (N-methyl/N-ethyl adjacent to an activating group) is 2. The van der Waals surface area contributed by atoms with E-state index in [0.29, 0.717) is 6.04 Å². The van der Waals surface area contributed by atoms with E-state index >= 15 is 0 Å². The summed E-state index contributed by atoms with van der Waals surface area (Å²) in [7, 11) is 4.25. The van der Waals surface area contributed by atoms with E-state index < -0.39 is 0 Å². The Morgan fingerprint density at radius 2 is 2.15 bits per heavy atom. The van der Waals surface area contributed by atoms with Crippen LogP contribution in [-0.2, 0) is 6.42 Å². The second-order valence-corrected chi connectivity index (χ2v) is 5.86. The molecule has 2 unspecified atom stereocenters. The van der Waals surface area contributed by atoms with Crippen molar-refractivity contribution < 1.29 is 4.39 Å². The molecule has 1 heterocycles. The summed E-state index contributed by atoms with van der Waals surface area (Å²) in [6, 6.07) is 5.40. The van der Waals surface area contributed by atoms with Crippen molar-refractivity contribution in [1.29, 1.82) is 0 Å². The van der Waals surface area contributed by atoms with E-state index in [4.69, 9.17) is 5.84 Å². The minimum atomic E-state index is -0.185. The summed E-state index contributed by atoms with van der Waals surface area (Å²) in [4.78, 5) is 4.65. The summed E-state index contributed by atoms with van der Waals surface area (Å²) in [5.41, 5.74) is 5.06. The summed E-state index contributed by atoms with van der Waals surface area (Å²) in [5.74, 6) is 5.57. The maximum absolute atomic E-state index is 13.4. The van der Waals surface area contributed by atoms with E-state index in [0.717, 1.165) is 37.2 Å². The molecule has 1 fully saturated rings. The van der Waals surface area contributed by atoms with Gasteiger partial charge in [-0.3, -0.25) is 16.2 Å². The van der Waals surface area contributed by atoms with Gasteiger partial charge in [-0.25, -0.2) is 4.39 Å². The number of hydrazine groups is 1. The molecular weight excluding hydrogens is 255 g/mol. The summed E-state index contributed by atoms with van der Waals surface area (Å²) in [5, 5.41) is 0. The Morgan fingerprint density at radius 3 is 2.85 bits per heavy atom. The molecule has 0 aromatic heterocycles. The Labute approximate surface area is 120 Å². The molecule has 0 spiro atoms. The van der Waals surface area contributed by atoms with Gasteiger partial charge in [-0.1, -0.05) is 6.07 Å². The fourth-order valence-corrected chi connectivity index (χ4v) is 2.88. The Morgan fingerprint density at radius 1 is 1.40 bits per heavy atom. The number of aryl methyl sites for hydroxylation is 1. The van der Waals surface area contributed by atoms with Crippen molar-refractivity contribution in [3.8, 4) is 0 Å². The summed E-state index contributed by atoms with van der Waals surface area (Å²) < 4.78 is 13.4. The van der Waals surface area contributed by atoms with Crippen LogP contribution in [0.3, 0.4) is 0 Å². The first-order valence-corrected chi connectivity index (χ1v) is 7.11. The number of hydrogen-bond acceptors (Lipinski definition) is 4. The predicted molar refractivity (Wildman–Crippen MR) is 79.9 cm³/mol. The minimum Gasteiger partial charge on any atom is -0.303 e. The molecule has 0 radical (unpaired) electrons. The molecular formula is C15H25FN4. The molecule has 2 atom stereocenters. The van der Waals surface area contributed by atoms with Crippen LogP contribution >= 0.6 is 0 Å². The van der Waals surface area contributed by atoms with Crippen LogP contribution in [0.2, 0.25) is 0 Å². The predicted octanol–water partition coefficient (Wildman–Crippen LogP) is 0.754. The average molecular weight is 280 g/mol. The molecule has 1 saturated heterocycles. The largest absolute Gasteiger partial charge is 0.303 e. The van der Waals surface area contributed by atoms with Crippen LogP contribution in [0, 0.1) is 12.7 Å². The molecule has 1 aromatic carbocycles. The van der Waals surface area contributed by atoms with Gasteiger partial charge >= 0.3 is 0 Å². The minimum absolute atomic E-state index is 0.114. The number of nitrogens with one attached hydrogen (secondary N) is 1. The lowest BCUT2D eigenvalue weighted by Crippen LogP contribution is -2.60. The lowest BCUT2D eigenvalue weighted by molar-refractivity contribution is 0.0876. The van der Waals surface area contributed by atoms with Gasteiger partial charge in [0, 0.05) is 31.7 Å². The molecule has 112 valence electrons. The van der Waals surface area contributed by atoms with Crippen molar-refractivity contribution in [2.45, 2.75) is 25.4 Å². The first-order valence-electron chi connectivity index (χ1n) is 7.11. The molecule has 5 heteroatoms. The van der Waals surface area contributed by atoms with Crippen LogP contribution < -0.4 is 11.3 Å². The third kappa shape index (κ3) is 3.55. The maximum Gasteiger partial charge on any atom is 0.123 e. The van der Waals surface area contributed by atoms with Crippen molar-refractivity contribution in [2.75, 3.05) is 33.7 Å². The zero-order chi connectivity index (χ0) is 14.7. The Balaban J connectivity index is 2.13. The number of nitrogens with two attached hydrogens (primary N) is 1. The zero-order valence-corrected chi connectivity index (χ0v) is 12.6. The average Bonchev–Trinajstić information content (AvgIpc) is 2.42. The monoisotopic (exact) mass is 280 g/mol. The molecule has 2 rings (SSSR count). The van der Waals surface area contributed by atoms with Gasteiger partial charge in [-0.15, -0.1) is 0 Å². The SMILES string of the molecule is Cc1ccc(F)cc1CC(NN)C1CN(C)CCN1C. The highest BCUT2D eigenvalue weighted by Crippen LogP contribution is 2.17. The number of nitrogens with zero attached hydrogens (tertiary/aromatic N) is 2. The van der Waals surface area contributed by atoms with Crippen LogP contribution in [0.4, 0.5) is 4.39 Å². The third-order valence-electron chi connectivity index (χ3n) is 4.33. The van der Waals surface area contributed by atoms with E-state index in [1.54, 1.807) is 6.07 Å². The second-order valence-electron chi connectivity index (χ2n) is 5.86. The topological polar surface area (TPSA) is 44.5 Å². The lowest BCUT2D eigenvalue weighted by Gasteiger charge is -2.41. The molecule has 1 aliphatic heterocycles. The smallest absolute Gasteiger partial charge is 0.123 e. The molecule has 1 aliphatic rings. The lowest BCUT2D eigenvalue weighted by atomic mass is 9.94. The van der Waals surface area contributed by atoms with Crippen LogP contribution in [0.1, 0.15) is 11.1 Å². The first-order chi connectivity index (χ1) is 9.51. The van der Waals surface area contributed by atoms with Crippen molar-refractivity contribution >= 4 is 0 Å². The van der Waals surface area contributed by atoms with Gasteiger partial charge in [0.1, 0.15) is 5.82 Å². The van der Waals surface area contributed by atoms with Crippen molar-refractivity contribution in [1.82, 2.24) is 15.2 Å². The van der Waals surface area contributed by atoms with Gasteiger partial charge < -0.3 is 4.90 Å². The zero-order valence-electron chi connectivity index (χ0n) is 12.6. The summed E-state index contributed by atoms with van der Waals surface area (Å²) >= 11 is 0. The van der Waals surface area contributed by atoms with Crippen LogP contribution in [0.5, 0.6) is 0 Å². The van der Waals surface area contributed by atoms with E-state index in [-0.39, 0.29) is 11.9 Å². The number of piperazine rings is 1. The van der Waals surface area contributed by atoms with Crippen LogP contribution in [0.25, 0.3) is 0 Å². The molecule has 0 bridgehead atoms. The highest BCUT2D eigenvalue weighted by atomic mass is 19.1. The summed E-state index contributed by atoms with van der Waals surface area (Å²) in [6.45, 7) is 5.09. The molecule has 3 N–H and O–H groups in total. The molecule has 4 nitrogen and oxygen atoms in total. The number of rotatable bonds is 4. The Kier molecular flexibility index (Phi) is 5.10. The molecule has 0 amide bonds. The van der Waals surface area contributed by atoms with E-state index in [9.17, 15) is 4.39 Å². The molecule has 0 saturated carbocycles. The quantitative estimate of drug-likeness (QED) is 0.631. The van der Waals surface area contributed by atoms with Gasteiger partial charge in [0.15, 0.2) is 0 Å². The Bertz CT molecular complexity index is 451. The van der Waals surface area contributed by atoms with Gasteiger partial charge in [-0.2, -0.15) is 0 Å². The van der Waals surface area contributed by atoms with Gasteiger partial charge in [-0.05, 0) is 50.7 Å². The van der Waals surface area contributed by atoms with Crippen LogP contribution in [0.15, 0.2) is 18.2 Å². The van der Waals surface area contributed by atoms with E-state index in [1.165, 1.54) is 6.07 Å². The third-order valence-corrected chi connectivity index (χ3v) is 4.33. The highest BCUT2D eigenvalue weighted by molar-refractivity contribution is 5.27. The van der Waals surface area contributed by atoms with Gasteiger partial charge in [0.25, 0.3) is 0 Å². The van der Waals surface area contributed by atoms with Crippen LogP contribution in [-0.4, -0.2) is 55.6 Å². The fourth-order valence-electron chi connectivity index (χ4n) is 2.88. The highest BCUT2D eigenvalue weighted by Gasteiger charge is 2.29.